The van der Waals surface area contributed by atoms with E-state index in [0.717, 1.165) is 41.2 Å². The predicted octanol–water partition coefficient (Wildman–Crippen LogP) is 2.14. The van der Waals surface area contributed by atoms with Crippen molar-refractivity contribution in [1.82, 2.24) is 34.0 Å². The normalized spacial score (nSPS) is 15.4. The van der Waals surface area contributed by atoms with Crippen molar-refractivity contribution in [2.75, 3.05) is 32.1 Å². The highest BCUT2D eigenvalue weighted by atomic mass is 19.1. The van der Waals surface area contributed by atoms with Gasteiger partial charge in [0.1, 0.15) is 18.0 Å². The van der Waals surface area contributed by atoms with Crippen LogP contribution in [-0.4, -0.2) is 66.9 Å². The van der Waals surface area contributed by atoms with Gasteiger partial charge in [0.15, 0.2) is 5.65 Å². The lowest BCUT2D eigenvalue weighted by molar-refractivity contribution is 0.204. The van der Waals surface area contributed by atoms with Gasteiger partial charge in [-0.15, -0.1) is 5.10 Å². The summed E-state index contributed by atoms with van der Waals surface area (Å²) < 4.78 is 16.5. The molecule has 9 heteroatoms. The molecular weight excluding hydrogens is 359 g/mol. The molecule has 1 saturated heterocycles. The van der Waals surface area contributed by atoms with Crippen molar-refractivity contribution < 1.29 is 4.39 Å². The fraction of sp³-hybridized carbons (Fsp3) is 0.368. The van der Waals surface area contributed by atoms with Gasteiger partial charge in [-0.2, -0.15) is 0 Å². The molecule has 0 bridgehead atoms. The zero-order chi connectivity index (χ0) is 19.3. The Labute approximate surface area is 161 Å². The molecule has 0 saturated carbocycles. The summed E-state index contributed by atoms with van der Waals surface area (Å²) in [6.07, 6.45) is 3.71. The average molecular weight is 380 g/mol. The van der Waals surface area contributed by atoms with E-state index in [1.807, 2.05) is 46.6 Å². The van der Waals surface area contributed by atoms with E-state index in [1.54, 1.807) is 0 Å². The molecule has 0 amide bonds. The van der Waals surface area contributed by atoms with E-state index >= 15 is 0 Å². The number of likely N-dealkylation sites (N-methyl/N-ethyl adjacent to an activating group) is 1. The Morgan fingerprint density at radius 1 is 1.21 bits per heavy atom. The number of rotatable bonds is 5. The summed E-state index contributed by atoms with van der Waals surface area (Å²) in [4.78, 5) is 15.9. The number of halogens is 1. The van der Waals surface area contributed by atoms with E-state index in [-0.39, 0.29) is 6.54 Å². The van der Waals surface area contributed by atoms with Gasteiger partial charge >= 0.3 is 0 Å². The lowest BCUT2D eigenvalue weighted by Gasteiger charge is -2.36. The smallest absolute Gasteiger partial charge is 0.241 e. The van der Waals surface area contributed by atoms with Gasteiger partial charge in [-0.25, -0.2) is 23.9 Å². The molecule has 1 N–H and O–H groups in total. The molecule has 28 heavy (non-hydrogen) atoms. The highest BCUT2D eigenvalue weighted by Crippen LogP contribution is 2.26. The Morgan fingerprint density at radius 2 is 2.07 bits per heavy atom. The topological polar surface area (TPSA) is 76.2 Å². The monoisotopic (exact) mass is 380 g/mol. The quantitative estimate of drug-likeness (QED) is 0.572. The van der Waals surface area contributed by atoms with Crippen LogP contribution in [-0.2, 0) is 6.54 Å². The molecular formula is C19H21FN8. The highest BCUT2D eigenvalue weighted by molar-refractivity contribution is 5.82. The first-order valence-corrected chi connectivity index (χ1v) is 9.32. The minimum atomic E-state index is -0.451. The number of nitrogens with zero attached hydrogens (tertiary/aromatic N) is 7. The molecule has 0 atom stereocenters. The van der Waals surface area contributed by atoms with Crippen LogP contribution in [0.25, 0.3) is 27.9 Å². The lowest BCUT2D eigenvalue weighted by Crippen LogP contribution is -2.52. The number of nitrogens with one attached hydrogen (secondary N) is 1. The number of hydrogen-bond donors (Lipinski definition) is 1. The minimum Gasteiger partial charge on any atom is -0.348 e. The van der Waals surface area contributed by atoms with Gasteiger partial charge in [0.2, 0.25) is 5.95 Å². The van der Waals surface area contributed by atoms with E-state index in [9.17, 15) is 4.39 Å². The van der Waals surface area contributed by atoms with E-state index in [4.69, 9.17) is 4.98 Å². The van der Waals surface area contributed by atoms with Gasteiger partial charge in [-0.05, 0) is 32.2 Å². The number of imidazole rings is 1. The molecule has 1 aliphatic rings. The van der Waals surface area contributed by atoms with Gasteiger partial charge in [-0.3, -0.25) is 0 Å². The first kappa shape index (κ1) is 17.1. The van der Waals surface area contributed by atoms with Crippen LogP contribution in [0.5, 0.6) is 0 Å². The van der Waals surface area contributed by atoms with E-state index in [2.05, 4.69) is 32.3 Å². The van der Waals surface area contributed by atoms with Crippen molar-refractivity contribution in [3.05, 3.63) is 36.4 Å². The van der Waals surface area contributed by atoms with Crippen molar-refractivity contribution >= 4 is 22.6 Å². The molecule has 5 heterocycles. The van der Waals surface area contributed by atoms with Gasteiger partial charge < -0.3 is 14.8 Å². The second kappa shape index (κ2) is 6.52. The summed E-state index contributed by atoms with van der Waals surface area (Å²) >= 11 is 0. The first-order valence-electron chi connectivity index (χ1n) is 9.32. The Bertz CT molecular complexity index is 1160. The largest absolute Gasteiger partial charge is 0.348 e. The number of hydrogen-bond acceptors (Lipinski definition) is 6. The molecule has 1 aliphatic heterocycles. The maximum absolute atomic E-state index is 12.9. The number of aromatic nitrogens is 6. The van der Waals surface area contributed by atoms with Crippen LogP contribution in [0.15, 0.2) is 30.6 Å². The van der Waals surface area contributed by atoms with Gasteiger partial charge in [-0.1, -0.05) is 0 Å². The Hall–Kier alpha value is -3.07. The molecule has 144 valence electrons. The lowest BCUT2D eigenvalue weighted by atomic mass is 10.1. The van der Waals surface area contributed by atoms with Crippen LogP contribution in [0.3, 0.4) is 0 Å². The maximum Gasteiger partial charge on any atom is 0.241 e. The molecule has 0 radical (unpaired) electrons. The van der Waals surface area contributed by atoms with Crippen molar-refractivity contribution in [1.29, 1.82) is 0 Å². The van der Waals surface area contributed by atoms with Gasteiger partial charge in [0.25, 0.3) is 0 Å². The van der Waals surface area contributed by atoms with Crippen molar-refractivity contribution in [3.8, 4) is 11.3 Å². The van der Waals surface area contributed by atoms with Gasteiger partial charge in [0.05, 0.1) is 30.0 Å². The highest BCUT2D eigenvalue weighted by Gasteiger charge is 2.23. The van der Waals surface area contributed by atoms with Crippen molar-refractivity contribution in [2.24, 2.45) is 0 Å². The van der Waals surface area contributed by atoms with Crippen LogP contribution >= 0.6 is 0 Å². The Morgan fingerprint density at radius 3 is 2.86 bits per heavy atom. The number of fused-ring (bicyclic) bond motifs is 2. The summed E-state index contributed by atoms with van der Waals surface area (Å²) in [5, 5.41) is 7.91. The molecule has 8 nitrogen and oxygen atoms in total. The number of likely N-dealkylation sites (tertiary alicyclic amines) is 1. The van der Waals surface area contributed by atoms with Crippen LogP contribution in [0, 0.1) is 6.92 Å². The molecule has 5 rings (SSSR count). The fourth-order valence-corrected chi connectivity index (χ4v) is 3.77. The van der Waals surface area contributed by atoms with Crippen LogP contribution < -0.4 is 5.32 Å². The zero-order valence-electron chi connectivity index (χ0n) is 15.8. The number of aryl methyl sites for hydroxylation is 2. The number of alkyl halides is 1. The molecule has 0 spiro atoms. The minimum absolute atomic E-state index is 0.254. The number of pyridine rings is 1. The maximum atomic E-state index is 12.9. The summed E-state index contributed by atoms with van der Waals surface area (Å²) in [5.74, 6) is 1.38. The summed E-state index contributed by atoms with van der Waals surface area (Å²) in [5.41, 5.74) is 4.06. The van der Waals surface area contributed by atoms with Crippen LogP contribution in [0.2, 0.25) is 0 Å². The van der Waals surface area contributed by atoms with Crippen LogP contribution in [0.1, 0.15) is 5.82 Å². The average Bonchev–Trinajstić information content (AvgIpc) is 3.21. The zero-order valence-corrected chi connectivity index (χ0v) is 15.8. The van der Waals surface area contributed by atoms with Crippen LogP contribution in [0.4, 0.5) is 10.3 Å². The van der Waals surface area contributed by atoms with Crippen molar-refractivity contribution in [2.45, 2.75) is 19.5 Å². The second-order valence-corrected chi connectivity index (χ2v) is 7.24. The van der Waals surface area contributed by atoms with Crippen molar-refractivity contribution in [3.63, 3.8) is 0 Å². The predicted molar refractivity (Wildman–Crippen MR) is 105 cm³/mol. The molecule has 1 fully saturated rings. The SMILES string of the molecule is Cc1nc2ccc(-c3ccn4nc(NC5CN(C)C5)ncc34)nc2n1CCF. The Balaban J connectivity index is 1.51. The molecule has 0 unspecified atom stereocenters. The van der Waals surface area contributed by atoms with Gasteiger partial charge in [0, 0.05) is 24.8 Å². The van der Waals surface area contributed by atoms with E-state index in [0.29, 0.717) is 17.6 Å². The summed E-state index contributed by atoms with van der Waals surface area (Å²) in [6, 6.07) is 6.22. The molecule has 0 aliphatic carbocycles. The van der Waals surface area contributed by atoms with E-state index in [1.165, 1.54) is 0 Å². The third kappa shape index (κ3) is 2.78. The molecule has 0 aromatic carbocycles. The Kier molecular flexibility index (Phi) is 3.97. The summed E-state index contributed by atoms with van der Waals surface area (Å²) in [7, 11) is 2.09. The summed E-state index contributed by atoms with van der Waals surface area (Å²) in [6.45, 7) is 3.66. The standard InChI is InChI=1S/C19H21FN8/c1-12-22-16-4-3-15(24-18(16)27(12)8-6-20)14-5-7-28-17(14)9-21-19(25-28)23-13-10-26(2)11-13/h3-5,7,9,13H,6,8,10-11H2,1-2H3,(H,23,25). The third-order valence-corrected chi connectivity index (χ3v) is 5.18. The second-order valence-electron chi connectivity index (χ2n) is 7.24. The van der Waals surface area contributed by atoms with E-state index < -0.39 is 6.67 Å². The number of anilines is 1. The molecule has 4 aromatic heterocycles. The fourth-order valence-electron chi connectivity index (χ4n) is 3.77. The first-order chi connectivity index (χ1) is 13.6. The third-order valence-electron chi connectivity index (χ3n) is 5.18. The molecule has 4 aromatic rings.